The Labute approximate surface area is 310 Å². The maximum Gasteiger partial charge on any atom is 1.00 e. The minimum absolute atomic E-state index is 0. The van der Waals surface area contributed by atoms with Crippen molar-refractivity contribution in [3.8, 4) is 0 Å². The third kappa shape index (κ3) is 33.6. The van der Waals surface area contributed by atoms with Crippen LogP contribution in [0.2, 0.25) is 0 Å². The summed E-state index contributed by atoms with van der Waals surface area (Å²) in [5.74, 6) is 0. The average molecular weight is 470 g/mol. The minimum Gasteiger partial charge on any atom is -0.810 e. The van der Waals surface area contributed by atoms with E-state index in [9.17, 15) is 28.7 Å². The van der Waals surface area contributed by atoms with Crippen LogP contribution in [0.25, 0.3) is 0 Å². The molecule has 0 saturated heterocycles. The van der Waals surface area contributed by atoms with E-state index in [1.165, 1.54) is 0 Å². The number of hydrogen-bond acceptors (Lipinski definition) is 7. The van der Waals surface area contributed by atoms with Crippen LogP contribution >= 0.6 is 15.2 Å². The van der Waals surface area contributed by atoms with Crippen LogP contribution < -0.4 is 225 Å². The van der Waals surface area contributed by atoms with Crippen molar-refractivity contribution in [2.75, 3.05) is 19.1 Å². The molecule has 0 radical (unpaired) electrons. The Morgan fingerprint density at radius 1 is 0.696 bits per heavy atom. The summed E-state index contributed by atoms with van der Waals surface area (Å²) in [4.78, 5) is 43.5. The first-order chi connectivity index (χ1) is 8.64. The predicted molar refractivity (Wildman–Crippen MR) is 65.0 cm³/mol. The summed E-state index contributed by atoms with van der Waals surface area (Å²) in [6, 6.07) is 0. The van der Waals surface area contributed by atoms with Crippen molar-refractivity contribution in [3.63, 3.8) is 0 Å². The summed E-state index contributed by atoms with van der Waals surface area (Å²) >= 11 is 0. The molecule has 0 saturated carbocycles. The Bertz CT molecular complexity index is 317. The molecule has 0 aliphatic heterocycles. The Morgan fingerprint density at radius 3 is 1.39 bits per heavy atom. The molecule has 0 amide bonds. The van der Waals surface area contributed by atoms with Crippen LogP contribution in [0, 0.1) is 0 Å². The molecule has 0 spiro atoms. The van der Waals surface area contributed by atoms with E-state index in [2.05, 4.69) is 6.92 Å². The number of unbranched alkanes of at least 4 members (excludes halogenated alkanes) is 5. The zero-order valence-corrected chi connectivity index (χ0v) is 29.4. The Morgan fingerprint density at radius 2 is 1.04 bits per heavy atom. The van der Waals surface area contributed by atoms with E-state index in [0.29, 0.717) is 6.42 Å². The van der Waals surface area contributed by atoms with Crippen LogP contribution in [-0.4, -0.2) is 24.0 Å². The van der Waals surface area contributed by atoms with Crippen LogP contribution in [0.1, 0.15) is 45.4 Å². The van der Waals surface area contributed by atoms with Crippen molar-refractivity contribution in [1.29, 1.82) is 0 Å². The summed E-state index contributed by atoms with van der Waals surface area (Å²) in [6.07, 6.45) is 3.85. The van der Waals surface area contributed by atoms with Gasteiger partial charge in [-0.25, -0.2) is 0 Å². The first kappa shape index (κ1) is 40.2. The molecule has 7 nitrogen and oxygen atoms in total. The van der Waals surface area contributed by atoms with Crippen molar-refractivity contribution >= 4 is 15.2 Å². The molecule has 0 aliphatic carbocycles. The fourth-order valence-electron chi connectivity index (χ4n) is 1.79. The van der Waals surface area contributed by atoms with Crippen molar-refractivity contribution < 1.29 is 234 Å². The summed E-state index contributed by atoms with van der Waals surface area (Å²) in [6.45, 7) is 2.22. The molecular formula is C10H21K4NO6P2. The van der Waals surface area contributed by atoms with Crippen LogP contribution in [0.5, 0.6) is 0 Å². The second kappa shape index (κ2) is 23.5. The Hall–Kier alpha value is 6.81. The van der Waals surface area contributed by atoms with Crippen LogP contribution in [-0.2, 0) is 9.13 Å². The minimum atomic E-state index is -4.85. The van der Waals surface area contributed by atoms with Gasteiger partial charge in [0.15, 0.2) is 0 Å². The van der Waals surface area contributed by atoms with Crippen LogP contribution in [0.15, 0.2) is 0 Å². The van der Waals surface area contributed by atoms with Gasteiger partial charge >= 0.3 is 206 Å². The molecule has 0 aromatic carbocycles. The third-order valence-corrected chi connectivity index (χ3v) is 4.07. The first-order valence-corrected chi connectivity index (χ1v) is 9.84. The molecule has 0 aromatic rings. The standard InChI is InChI=1S/C10H25NO6P2.4K/c1-2-3-4-5-6-7-8-11(9-18(12,13)14)10-19(15,16)17;;;;/h2-10H2,1H3,(H2,12,13,14)(H2,15,16,17);;;;/q;4*+1/p-4. The van der Waals surface area contributed by atoms with Crippen molar-refractivity contribution in [3.05, 3.63) is 0 Å². The number of hydrogen-bond donors (Lipinski definition) is 0. The molecule has 0 unspecified atom stereocenters. The van der Waals surface area contributed by atoms with Gasteiger partial charge in [-0.05, 0) is 13.0 Å². The van der Waals surface area contributed by atoms with Gasteiger partial charge < -0.3 is 28.7 Å². The zero-order chi connectivity index (χ0) is 14.9. The molecule has 0 bridgehead atoms. The topological polar surface area (TPSA) is 130 Å². The fourth-order valence-corrected chi connectivity index (χ4v) is 3.41. The van der Waals surface area contributed by atoms with Gasteiger partial charge in [0.1, 0.15) is 0 Å². The molecule has 0 rings (SSSR count). The van der Waals surface area contributed by atoms with Crippen molar-refractivity contribution in [2.45, 2.75) is 45.4 Å². The molecule has 0 heterocycles. The predicted octanol–water partition coefficient (Wildman–Crippen LogP) is -12.6. The van der Waals surface area contributed by atoms with E-state index in [4.69, 9.17) is 0 Å². The summed E-state index contributed by atoms with van der Waals surface area (Å²) in [5.41, 5.74) is 0. The summed E-state index contributed by atoms with van der Waals surface area (Å²) in [7, 11) is -9.69. The second-order valence-electron chi connectivity index (χ2n) is 4.67. The SMILES string of the molecule is CCCCCCCCN(CP(=O)([O-])[O-])CP(=O)([O-])[O-].[K+].[K+].[K+].[K+]. The van der Waals surface area contributed by atoms with E-state index >= 15 is 0 Å². The van der Waals surface area contributed by atoms with Gasteiger partial charge in [-0.2, -0.15) is 0 Å². The molecule has 0 atom stereocenters. The second-order valence-corrected chi connectivity index (χ2v) is 7.68. The largest absolute Gasteiger partial charge is 1.00 e. The number of nitrogens with zero attached hydrogens (tertiary/aromatic N) is 1. The normalized spacial score (nSPS) is 10.9. The van der Waals surface area contributed by atoms with E-state index < -0.39 is 27.8 Å². The fraction of sp³-hybridized carbons (Fsp3) is 1.00. The third-order valence-electron chi connectivity index (χ3n) is 2.57. The molecule has 13 heteroatoms. The quantitative estimate of drug-likeness (QED) is 0.167. The first-order valence-electron chi connectivity index (χ1n) is 6.38. The Kier molecular flexibility index (Phi) is 41.0. The molecular weight excluding hydrogens is 448 g/mol. The van der Waals surface area contributed by atoms with E-state index in [-0.39, 0.29) is 212 Å². The van der Waals surface area contributed by atoms with Gasteiger partial charge in [-0.3, -0.25) is 4.90 Å². The van der Waals surface area contributed by atoms with E-state index in [1.54, 1.807) is 0 Å². The van der Waals surface area contributed by atoms with Crippen LogP contribution in [0.4, 0.5) is 0 Å². The van der Waals surface area contributed by atoms with Crippen LogP contribution in [0.3, 0.4) is 0 Å². The molecule has 23 heavy (non-hydrogen) atoms. The maximum absolute atomic E-state index is 10.6. The molecule has 0 aliphatic rings. The van der Waals surface area contributed by atoms with Gasteiger partial charge in [0.2, 0.25) is 0 Å². The molecule has 116 valence electrons. The summed E-state index contributed by atoms with van der Waals surface area (Å²) in [5, 5.41) is 0. The van der Waals surface area contributed by atoms with Gasteiger partial charge in [0.05, 0.1) is 0 Å². The van der Waals surface area contributed by atoms with Gasteiger partial charge in [-0.15, -0.1) is 0 Å². The number of rotatable bonds is 11. The summed E-state index contributed by atoms with van der Waals surface area (Å²) < 4.78 is 21.3. The van der Waals surface area contributed by atoms with E-state index in [1.807, 2.05) is 0 Å². The zero-order valence-electron chi connectivity index (χ0n) is 15.2. The van der Waals surface area contributed by atoms with Crippen molar-refractivity contribution in [2.24, 2.45) is 0 Å². The van der Waals surface area contributed by atoms with Gasteiger partial charge in [0, 0.05) is 12.6 Å². The van der Waals surface area contributed by atoms with Crippen molar-refractivity contribution in [1.82, 2.24) is 4.90 Å². The smallest absolute Gasteiger partial charge is 0.810 e. The van der Waals surface area contributed by atoms with Gasteiger partial charge in [-0.1, -0.05) is 54.2 Å². The molecule has 0 N–H and O–H groups in total. The van der Waals surface area contributed by atoms with Gasteiger partial charge in [0.25, 0.3) is 0 Å². The van der Waals surface area contributed by atoms with E-state index in [0.717, 1.165) is 37.0 Å². The Balaban J connectivity index is -0.000000270. The maximum atomic E-state index is 10.6. The average Bonchev–Trinajstić information content (AvgIpc) is 2.18. The molecule has 0 fully saturated rings. The monoisotopic (exact) mass is 469 g/mol. The molecule has 0 aromatic heterocycles.